The number of H-pyrrole nitrogens is 1. The van der Waals surface area contributed by atoms with Crippen molar-refractivity contribution in [1.29, 1.82) is 0 Å². The van der Waals surface area contributed by atoms with Crippen LogP contribution in [0.1, 0.15) is 24.4 Å². The Morgan fingerprint density at radius 1 is 1.46 bits per heavy atom. The molecule has 13 heavy (non-hydrogen) atoms. The molecule has 72 valence electrons. The van der Waals surface area contributed by atoms with Gasteiger partial charge in [0, 0.05) is 25.0 Å². The van der Waals surface area contributed by atoms with Gasteiger partial charge in [-0.05, 0) is 37.6 Å². The van der Waals surface area contributed by atoms with E-state index in [0.717, 1.165) is 6.54 Å². The van der Waals surface area contributed by atoms with Gasteiger partial charge >= 0.3 is 0 Å². The second-order valence-electron chi connectivity index (χ2n) is 3.76. The van der Waals surface area contributed by atoms with Crippen LogP contribution in [-0.2, 0) is 0 Å². The molecule has 3 nitrogen and oxygen atoms in total. The number of nitrogens with one attached hydrogen (secondary N) is 1. The van der Waals surface area contributed by atoms with E-state index >= 15 is 0 Å². The van der Waals surface area contributed by atoms with Crippen LogP contribution in [0.5, 0.6) is 0 Å². The Morgan fingerprint density at radius 2 is 2.23 bits per heavy atom. The second-order valence-corrected chi connectivity index (χ2v) is 3.76. The van der Waals surface area contributed by atoms with Crippen LogP contribution in [0.25, 0.3) is 0 Å². The number of nitrogens with two attached hydrogens (primary N) is 1. The Hall–Kier alpha value is -0.800. The maximum Gasteiger partial charge on any atom is 0.0439 e. The smallest absolute Gasteiger partial charge is 0.0439 e. The predicted octanol–water partition coefficient (Wildman–Crippen LogP) is 1.11. The zero-order valence-electron chi connectivity index (χ0n) is 7.87. The van der Waals surface area contributed by atoms with Crippen LogP contribution in [0.3, 0.4) is 0 Å². The summed E-state index contributed by atoms with van der Waals surface area (Å²) in [6, 6.07) is 2.23. The minimum absolute atomic E-state index is 0.171. The molecule has 0 radical (unpaired) electrons. The molecule has 0 aromatic carbocycles. The molecule has 1 aliphatic heterocycles. The minimum atomic E-state index is 0.171. The van der Waals surface area contributed by atoms with Crippen molar-refractivity contribution in [3.8, 4) is 0 Å². The molecule has 1 fully saturated rings. The Morgan fingerprint density at radius 3 is 2.85 bits per heavy atom. The van der Waals surface area contributed by atoms with Crippen molar-refractivity contribution in [2.24, 2.45) is 5.73 Å². The normalized spacial score (nSPS) is 20.7. The maximum atomic E-state index is 6.06. The maximum absolute atomic E-state index is 6.06. The number of hydrogen-bond acceptors (Lipinski definition) is 2. The molecule has 3 N–H and O–H groups in total. The first kappa shape index (κ1) is 8.78. The van der Waals surface area contributed by atoms with Gasteiger partial charge in [0.05, 0.1) is 0 Å². The zero-order valence-corrected chi connectivity index (χ0v) is 7.87. The molecule has 0 amide bonds. The lowest BCUT2D eigenvalue weighted by Gasteiger charge is -2.19. The van der Waals surface area contributed by atoms with Crippen molar-refractivity contribution in [2.75, 3.05) is 19.6 Å². The number of likely N-dealkylation sites (tertiary alicyclic amines) is 1. The first-order chi connectivity index (χ1) is 6.36. The molecule has 0 saturated carbocycles. The molecule has 1 aliphatic rings. The average Bonchev–Trinajstić information content (AvgIpc) is 2.74. The molecule has 1 unspecified atom stereocenters. The van der Waals surface area contributed by atoms with Crippen molar-refractivity contribution in [1.82, 2.24) is 9.88 Å². The van der Waals surface area contributed by atoms with Gasteiger partial charge in [0.1, 0.15) is 0 Å². The lowest BCUT2D eigenvalue weighted by atomic mass is 10.1. The van der Waals surface area contributed by atoms with Gasteiger partial charge in [-0.25, -0.2) is 0 Å². The van der Waals surface area contributed by atoms with E-state index in [4.69, 9.17) is 5.73 Å². The van der Waals surface area contributed by atoms with E-state index in [0.29, 0.717) is 0 Å². The van der Waals surface area contributed by atoms with Gasteiger partial charge in [-0.1, -0.05) is 0 Å². The first-order valence-corrected chi connectivity index (χ1v) is 4.97. The van der Waals surface area contributed by atoms with E-state index < -0.39 is 0 Å². The molecule has 1 atom stereocenters. The molecule has 2 rings (SSSR count). The Balaban J connectivity index is 1.87. The van der Waals surface area contributed by atoms with Crippen LogP contribution >= 0.6 is 0 Å². The molecule has 1 saturated heterocycles. The highest BCUT2D eigenvalue weighted by Crippen LogP contribution is 2.14. The predicted molar refractivity (Wildman–Crippen MR) is 53.4 cm³/mol. The quantitative estimate of drug-likeness (QED) is 0.730. The number of aromatic amines is 1. The first-order valence-electron chi connectivity index (χ1n) is 4.97. The van der Waals surface area contributed by atoms with Crippen molar-refractivity contribution < 1.29 is 0 Å². The van der Waals surface area contributed by atoms with E-state index in [1.807, 2.05) is 12.4 Å². The molecule has 3 heteroatoms. The SMILES string of the molecule is NC(CN1CCCC1)c1cc[nH]c1. The molecule has 2 heterocycles. The Kier molecular flexibility index (Phi) is 2.66. The second kappa shape index (κ2) is 3.94. The number of aromatic nitrogens is 1. The largest absolute Gasteiger partial charge is 0.367 e. The standard InChI is InChI=1S/C10H17N3/c11-10(9-3-4-12-7-9)8-13-5-1-2-6-13/h3-4,7,10,12H,1-2,5-6,8,11H2. The van der Waals surface area contributed by atoms with Crippen molar-refractivity contribution in [3.63, 3.8) is 0 Å². The topological polar surface area (TPSA) is 45.0 Å². The highest BCUT2D eigenvalue weighted by atomic mass is 15.1. The van der Waals surface area contributed by atoms with Crippen LogP contribution < -0.4 is 5.73 Å². The van der Waals surface area contributed by atoms with E-state index in [9.17, 15) is 0 Å². The van der Waals surface area contributed by atoms with Crippen LogP contribution in [0, 0.1) is 0 Å². The molecule has 0 aliphatic carbocycles. The van der Waals surface area contributed by atoms with Gasteiger partial charge in [0.25, 0.3) is 0 Å². The van der Waals surface area contributed by atoms with Gasteiger partial charge in [0.15, 0.2) is 0 Å². The molecule has 1 aromatic heterocycles. The summed E-state index contributed by atoms with van der Waals surface area (Å²) in [5.74, 6) is 0. The summed E-state index contributed by atoms with van der Waals surface area (Å²) in [7, 11) is 0. The molecular weight excluding hydrogens is 162 g/mol. The van der Waals surface area contributed by atoms with E-state index in [1.165, 1.54) is 31.5 Å². The summed E-state index contributed by atoms with van der Waals surface area (Å²) in [5.41, 5.74) is 7.27. The average molecular weight is 179 g/mol. The third kappa shape index (κ3) is 2.11. The third-order valence-electron chi connectivity index (χ3n) is 2.70. The highest BCUT2D eigenvalue weighted by Gasteiger charge is 2.15. The summed E-state index contributed by atoms with van der Waals surface area (Å²) < 4.78 is 0. The summed E-state index contributed by atoms with van der Waals surface area (Å²) >= 11 is 0. The number of rotatable bonds is 3. The lowest BCUT2D eigenvalue weighted by Crippen LogP contribution is -2.29. The molecular formula is C10H17N3. The van der Waals surface area contributed by atoms with E-state index in [1.54, 1.807) is 0 Å². The van der Waals surface area contributed by atoms with Gasteiger partial charge in [-0.15, -0.1) is 0 Å². The summed E-state index contributed by atoms with van der Waals surface area (Å²) in [4.78, 5) is 5.48. The van der Waals surface area contributed by atoms with Crippen LogP contribution in [0.2, 0.25) is 0 Å². The summed E-state index contributed by atoms with van der Waals surface area (Å²) in [6.07, 6.45) is 6.58. The fourth-order valence-electron chi connectivity index (χ4n) is 1.92. The summed E-state index contributed by atoms with van der Waals surface area (Å²) in [6.45, 7) is 3.44. The number of hydrogen-bond donors (Lipinski definition) is 2. The monoisotopic (exact) mass is 179 g/mol. The van der Waals surface area contributed by atoms with Crippen LogP contribution in [0.15, 0.2) is 18.5 Å². The highest BCUT2D eigenvalue weighted by molar-refractivity contribution is 5.13. The van der Waals surface area contributed by atoms with Gasteiger partial charge in [-0.3, -0.25) is 0 Å². The third-order valence-corrected chi connectivity index (χ3v) is 2.70. The van der Waals surface area contributed by atoms with Crippen molar-refractivity contribution in [2.45, 2.75) is 18.9 Å². The molecule has 0 bridgehead atoms. The summed E-state index contributed by atoms with van der Waals surface area (Å²) in [5, 5.41) is 0. The molecule has 0 spiro atoms. The molecule has 1 aromatic rings. The van der Waals surface area contributed by atoms with Crippen molar-refractivity contribution >= 4 is 0 Å². The minimum Gasteiger partial charge on any atom is -0.367 e. The zero-order chi connectivity index (χ0) is 9.10. The van der Waals surface area contributed by atoms with Crippen LogP contribution in [-0.4, -0.2) is 29.5 Å². The Labute approximate surface area is 78.9 Å². The van der Waals surface area contributed by atoms with Gasteiger partial charge < -0.3 is 15.6 Å². The lowest BCUT2D eigenvalue weighted by molar-refractivity contribution is 0.316. The number of nitrogens with zero attached hydrogens (tertiary/aromatic N) is 1. The van der Waals surface area contributed by atoms with E-state index in [2.05, 4.69) is 16.0 Å². The van der Waals surface area contributed by atoms with Crippen LogP contribution in [0.4, 0.5) is 0 Å². The fraction of sp³-hybridized carbons (Fsp3) is 0.600. The van der Waals surface area contributed by atoms with Gasteiger partial charge in [-0.2, -0.15) is 0 Å². The van der Waals surface area contributed by atoms with Gasteiger partial charge in [0.2, 0.25) is 0 Å². The Bertz CT molecular complexity index is 237. The fourth-order valence-corrected chi connectivity index (χ4v) is 1.92. The van der Waals surface area contributed by atoms with Crippen molar-refractivity contribution in [3.05, 3.63) is 24.0 Å². The van der Waals surface area contributed by atoms with E-state index in [-0.39, 0.29) is 6.04 Å².